The molecule has 0 aliphatic heterocycles. The Kier molecular flexibility index (Phi) is 9.48. The number of rotatable bonds is 14. The Morgan fingerprint density at radius 2 is 1.79 bits per heavy atom. The zero-order valence-electron chi connectivity index (χ0n) is 17.7. The highest BCUT2D eigenvalue weighted by Gasteiger charge is 2.14. The van der Waals surface area contributed by atoms with Gasteiger partial charge < -0.3 is 15.0 Å². The summed E-state index contributed by atoms with van der Waals surface area (Å²) in [5.74, 6) is -0.793. The smallest absolute Gasteiger partial charge is 0.303 e. The molecular weight excluding hydrogens is 364 g/mol. The number of hydrogen-bond acceptors (Lipinski definition) is 3. The minimum atomic E-state index is -0.796. The zero-order chi connectivity index (χ0) is 21.1. The van der Waals surface area contributed by atoms with Crippen LogP contribution in [0.4, 0.5) is 5.69 Å². The van der Waals surface area contributed by atoms with Crippen LogP contribution in [0.15, 0.2) is 36.7 Å². The van der Waals surface area contributed by atoms with Crippen molar-refractivity contribution in [3.8, 4) is 0 Å². The molecule has 0 saturated carbocycles. The molecule has 5 nitrogen and oxygen atoms in total. The Labute approximate surface area is 174 Å². The molecule has 1 aromatic carbocycles. The molecule has 29 heavy (non-hydrogen) atoms. The van der Waals surface area contributed by atoms with Crippen LogP contribution in [-0.2, 0) is 11.3 Å². The fourth-order valence-corrected chi connectivity index (χ4v) is 3.47. The quantitative estimate of drug-likeness (QED) is 0.318. The maximum atomic E-state index is 13.0. The van der Waals surface area contributed by atoms with Crippen molar-refractivity contribution in [3.05, 3.63) is 53.3 Å². The van der Waals surface area contributed by atoms with Gasteiger partial charge in [0, 0.05) is 48.7 Å². The lowest BCUT2D eigenvalue weighted by molar-refractivity contribution is -0.137. The highest BCUT2D eigenvalue weighted by molar-refractivity contribution is 6.10. The molecule has 2 aromatic rings. The van der Waals surface area contributed by atoms with Crippen molar-refractivity contribution in [1.82, 2.24) is 4.57 Å². The summed E-state index contributed by atoms with van der Waals surface area (Å²) in [6.07, 6.45) is 12.0. The van der Waals surface area contributed by atoms with E-state index in [-0.39, 0.29) is 12.2 Å². The van der Waals surface area contributed by atoms with E-state index in [1.165, 1.54) is 32.1 Å². The van der Waals surface area contributed by atoms with Crippen LogP contribution in [0.1, 0.15) is 79.8 Å². The number of carbonyl (C=O) groups excluding carboxylic acids is 1. The number of carboxylic acid groups (broad SMARTS) is 1. The molecule has 0 radical (unpaired) electrons. The molecule has 0 unspecified atom stereocenters. The second kappa shape index (κ2) is 12.1. The molecule has 158 valence electrons. The van der Waals surface area contributed by atoms with Gasteiger partial charge in [0.05, 0.1) is 0 Å². The van der Waals surface area contributed by atoms with E-state index in [1.54, 1.807) is 0 Å². The SMILES string of the molecule is CCCCCCCCNc1cccc(C(=O)c2cn(CCCC(=O)O)cc2C)c1. The Hall–Kier alpha value is -2.56. The summed E-state index contributed by atoms with van der Waals surface area (Å²) in [5.41, 5.74) is 3.23. The lowest BCUT2D eigenvalue weighted by Gasteiger charge is -2.08. The van der Waals surface area contributed by atoms with E-state index in [0.717, 1.165) is 24.2 Å². The second-order valence-electron chi connectivity index (χ2n) is 7.69. The highest BCUT2D eigenvalue weighted by Crippen LogP contribution is 2.19. The van der Waals surface area contributed by atoms with Gasteiger partial charge in [0.25, 0.3) is 0 Å². The van der Waals surface area contributed by atoms with E-state index >= 15 is 0 Å². The van der Waals surface area contributed by atoms with Crippen molar-refractivity contribution in [2.75, 3.05) is 11.9 Å². The molecular formula is C24H34N2O3. The van der Waals surface area contributed by atoms with Gasteiger partial charge in [-0.2, -0.15) is 0 Å². The number of benzene rings is 1. The van der Waals surface area contributed by atoms with Gasteiger partial charge in [0.15, 0.2) is 5.78 Å². The Bertz CT molecular complexity index is 795. The standard InChI is InChI=1S/C24H34N2O3/c1-3-4-5-6-7-8-14-25-21-12-9-11-20(16-21)24(29)22-18-26(17-19(22)2)15-10-13-23(27)28/h9,11-12,16-18,25H,3-8,10,13-15H2,1-2H3,(H,27,28). The Morgan fingerprint density at radius 1 is 1.03 bits per heavy atom. The normalized spacial score (nSPS) is 10.8. The number of anilines is 1. The van der Waals surface area contributed by atoms with Crippen molar-refractivity contribution in [3.63, 3.8) is 0 Å². The van der Waals surface area contributed by atoms with Gasteiger partial charge in [0.2, 0.25) is 0 Å². The third-order valence-electron chi connectivity index (χ3n) is 5.12. The Morgan fingerprint density at radius 3 is 2.55 bits per heavy atom. The molecule has 0 bridgehead atoms. The van der Waals surface area contributed by atoms with E-state index < -0.39 is 5.97 Å². The molecule has 0 atom stereocenters. The topological polar surface area (TPSA) is 71.3 Å². The molecule has 5 heteroatoms. The van der Waals surface area contributed by atoms with E-state index in [9.17, 15) is 9.59 Å². The van der Waals surface area contributed by atoms with Gasteiger partial charge in [-0.25, -0.2) is 0 Å². The molecule has 0 fully saturated rings. The minimum Gasteiger partial charge on any atom is -0.481 e. The van der Waals surface area contributed by atoms with Gasteiger partial charge in [-0.3, -0.25) is 9.59 Å². The van der Waals surface area contributed by atoms with Crippen molar-refractivity contribution in [2.24, 2.45) is 0 Å². The average Bonchev–Trinajstić information content (AvgIpc) is 3.07. The fourth-order valence-electron chi connectivity index (χ4n) is 3.47. The molecule has 0 aliphatic rings. The summed E-state index contributed by atoms with van der Waals surface area (Å²) in [5, 5.41) is 12.2. The first-order valence-corrected chi connectivity index (χ1v) is 10.8. The van der Waals surface area contributed by atoms with E-state index in [1.807, 2.05) is 48.1 Å². The summed E-state index contributed by atoms with van der Waals surface area (Å²) >= 11 is 0. The monoisotopic (exact) mass is 398 g/mol. The van der Waals surface area contributed by atoms with Crippen molar-refractivity contribution >= 4 is 17.4 Å². The second-order valence-corrected chi connectivity index (χ2v) is 7.69. The van der Waals surface area contributed by atoms with Crippen molar-refractivity contribution in [1.29, 1.82) is 0 Å². The van der Waals surface area contributed by atoms with Crippen molar-refractivity contribution < 1.29 is 14.7 Å². The fraction of sp³-hybridized carbons (Fsp3) is 0.500. The first kappa shape index (κ1) is 22.7. The largest absolute Gasteiger partial charge is 0.481 e. The molecule has 1 heterocycles. The van der Waals surface area contributed by atoms with Crippen LogP contribution in [0, 0.1) is 6.92 Å². The minimum absolute atomic E-state index is 0.00250. The summed E-state index contributed by atoms with van der Waals surface area (Å²) in [7, 11) is 0. The van der Waals surface area contributed by atoms with Gasteiger partial charge in [0.1, 0.15) is 0 Å². The van der Waals surface area contributed by atoms with E-state index in [2.05, 4.69) is 12.2 Å². The molecule has 2 rings (SSSR count). The first-order chi connectivity index (χ1) is 14.0. The molecule has 0 amide bonds. The lowest BCUT2D eigenvalue weighted by atomic mass is 10.0. The van der Waals surface area contributed by atoms with Crippen molar-refractivity contribution in [2.45, 2.75) is 71.8 Å². The summed E-state index contributed by atoms with van der Waals surface area (Å²) < 4.78 is 1.91. The predicted molar refractivity (Wildman–Crippen MR) is 118 cm³/mol. The summed E-state index contributed by atoms with van der Waals surface area (Å²) in [4.78, 5) is 23.6. The zero-order valence-corrected chi connectivity index (χ0v) is 17.7. The Balaban J connectivity index is 1.90. The van der Waals surface area contributed by atoms with Crippen LogP contribution in [0.25, 0.3) is 0 Å². The van der Waals surface area contributed by atoms with Gasteiger partial charge in [-0.1, -0.05) is 51.2 Å². The summed E-state index contributed by atoms with van der Waals surface area (Å²) in [6.45, 7) is 5.66. The maximum absolute atomic E-state index is 13.0. The van der Waals surface area contributed by atoms with Crippen LogP contribution in [0.3, 0.4) is 0 Å². The number of carboxylic acids is 1. The predicted octanol–water partition coefficient (Wildman–Crippen LogP) is 5.66. The molecule has 0 spiro atoms. The number of nitrogens with zero attached hydrogens (tertiary/aromatic N) is 1. The maximum Gasteiger partial charge on any atom is 0.303 e. The number of aromatic nitrogens is 1. The first-order valence-electron chi connectivity index (χ1n) is 10.8. The van der Waals surface area contributed by atoms with Crippen LogP contribution in [-0.4, -0.2) is 28.0 Å². The van der Waals surface area contributed by atoms with Gasteiger partial charge in [-0.05, 0) is 37.5 Å². The molecule has 0 aliphatic carbocycles. The van der Waals surface area contributed by atoms with Crippen LogP contribution >= 0.6 is 0 Å². The third kappa shape index (κ3) is 7.76. The van der Waals surface area contributed by atoms with Gasteiger partial charge in [-0.15, -0.1) is 0 Å². The number of carbonyl (C=O) groups is 2. The highest BCUT2D eigenvalue weighted by atomic mass is 16.4. The van der Waals surface area contributed by atoms with E-state index in [4.69, 9.17) is 5.11 Å². The number of hydrogen-bond donors (Lipinski definition) is 2. The molecule has 1 aromatic heterocycles. The van der Waals surface area contributed by atoms with Gasteiger partial charge >= 0.3 is 5.97 Å². The third-order valence-corrected chi connectivity index (χ3v) is 5.12. The molecule has 2 N–H and O–H groups in total. The average molecular weight is 399 g/mol. The number of ketones is 1. The van der Waals surface area contributed by atoms with Crippen LogP contribution in [0.5, 0.6) is 0 Å². The number of unbranched alkanes of at least 4 members (excludes halogenated alkanes) is 5. The lowest BCUT2D eigenvalue weighted by Crippen LogP contribution is -2.05. The number of aliphatic carboxylic acids is 1. The number of nitrogens with one attached hydrogen (secondary N) is 1. The van der Waals surface area contributed by atoms with E-state index in [0.29, 0.717) is 24.1 Å². The molecule has 0 saturated heterocycles. The van der Waals surface area contributed by atoms with Crippen LogP contribution < -0.4 is 5.32 Å². The summed E-state index contributed by atoms with van der Waals surface area (Å²) in [6, 6.07) is 7.67. The number of aryl methyl sites for hydroxylation is 2. The van der Waals surface area contributed by atoms with Crippen LogP contribution in [0.2, 0.25) is 0 Å².